The summed E-state index contributed by atoms with van der Waals surface area (Å²) in [5, 5.41) is 0. The minimum absolute atomic E-state index is 0.0869. The first-order valence-corrected chi connectivity index (χ1v) is 13.1. The second-order valence-electron chi connectivity index (χ2n) is 10.1. The molecule has 1 aromatic carbocycles. The van der Waals surface area contributed by atoms with E-state index < -0.39 is 30.1 Å². The van der Waals surface area contributed by atoms with E-state index in [0.29, 0.717) is 12.0 Å². The second-order valence-corrected chi connectivity index (χ2v) is 10.1. The summed E-state index contributed by atoms with van der Waals surface area (Å²) < 4.78 is 21.4. The van der Waals surface area contributed by atoms with E-state index in [2.05, 4.69) is 0 Å². The third-order valence-electron chi connectivity index (χ3n) is 5.14. The molecule has 1 aromatic rings. The van der Waals surface area contributed by atoms with Gasteiger partial charge in [0.25, 0.3) is 0 Å². The number of benzene rings is 1. The van der Waals surface area contributed by atoms with Crippen molar-refractivity contribution in [3.63, 3.8) is 0 Å². The Morgan fingerprint density at radius 2 is 1.43 bits per heavy atom. The molecule has 0 saturated carbocycles. The van der Waals surface area contributed by atoms with Crippen LogP contribution in [0.15, 0.2) is 18.2 Å². The molecule has 9 heteroatoms. The lowest BCUT2D eigenvalue weighted by atomic mass is 10.1. The third kappa shape index (κ3) is 13.8. The lowest BCUT2D eigenvalue weighted by molar-refractivity contribution is -0.158. The van der Waals surface area contributed by atoms with E-state index >= 15 is 0 Å². The highest BCUT2D eigenvalue weighted by Crippen LogP contribution is 2.30. The van der Waals surface area contributed by atoms with E-state index in [1.807, 2.05) is 34.6 Å². The summed E-state index contributed by atoms with van der Waals surface area (Å²) in [4.78, 5) is 48.7. The van der Waals surface area contributed by atoms with E-state index in [1.54, 1.807) is 13.0 Å². The summed E-state index contributed by atoms with van der Waals surface area (Å²) in [5.74, 6) is -1.48. The van der Waals surface area contributed by atoms with Gasteiger partial charge in [0.15, 0.2) is 11.5 Å². The van der Waals surface area contributed by atoms with Crippen LogP contribution in [0, 0.1) is 11.8 Å². The van der Waals surface area contributed by atoms with Gasteiger partial charge in [-0.1, -0.05) is 53.5 Å². The van der Waals surface area contributed by atoms with Crippen LogP contribution in [-0.4, -0.2) is 42.6 Å². The average Bonchev–Trinajstić information content (AvgIpc) is 2.78. The Kier molecular flexibility index (Phi) is 14.5. The zero-order valence-corrected chi connectivity index (χ0v) is 23.0. The summed E-state index contributed by atoms with van der Waals surface area (Å²) in [7, 11) is 0. The number of rotatable bonds is 16. The Morgan fingerprint density at radius 1 is 0.838 bits per heavy atom. The summed E-state index contributed by atoms with van der Waals surface area (Å²) in [6.07, 6.45) is 2.96. The first-order valence-electron chi connectivity index (χ1n) is 13.1. The highest BCUT2D eigenvalue weighted by molar-refractivity contribution is 5.77. The number of hydrogen-bond donors (Lipinski definition) is 1. The minimum Gasteiger partial charge on any atom is -0.461 e. The van der Waals surface area contributed by atoms with Crippen molar-refractivity contribution in [3.8, 4) is 11.5 Å². The van der Waals surface area contributed by atoms with Crippen molar-refractivity contribution in [2.24, 2.45) is 17.6 Å². The molecule has 2 N–H and O–H groups in total. The van der Waals surface area contributed by atoms with Crippen LogP contribution in [-0.2, 0) is 35.1 Å². The Labute approximate surface area is 220 Å². The summed E-state index contributed by atoms with van der Waals surface area (Å²) >= 11 is 0. The van der Waals surface area contributed by atoms with Crippen molar-refractivity contribution < 1.29 is 38.1 Å². The van der Waals surface area contributed by atoms with E-state index in [1.165, 1.54) is 12.1 Å². The molecule has 0 spiro atoms. The van der Waals surface area contributed by atoms with Crippen LogP contribution < -0.4 is 15.2 Å². The molecule has 0 saturated heterocycles. The molecule has 208 valence electrons. The first kappa shape index (κ1) is 32.1. The first-order chi connectivity index (χ1) is 17.4. The second kappa shape index (κ2) is 16.7. The van der Waals surface area contributed by atoms with Crippen LogP contribution in [0.1, 0.15) is 85.6 Å². The molecule has 0 unspecified atom stereocenters. The maximum atomic E-state index is 12.4. The van der Waals surface area contributed by atoms with E-state index in [9.17, 15) is 19.2 Å². The summed E-state index contributed by atoms with van der Waals surface area (Å²) in [6.45, 7) is 11.2. The molecule has 0 aliphatic rings. The van der Waals surface area contributed by atoms with Crippen molar-refractivity contribution in [1.82, 2.24) is 0 Å². The molecule has 0 radical (unpaired) electrons. The number of unbranched alkanes of at least 4 members (excludes halogenated alkanes) is 2. The summed E-state index contributed by atoms with van der Waals surface area (Å²) in [5.41, 5.74) is 6.63. The topological polar surface area (TPSA) is 131 Å². The number of carbonyl (C=O) groups is 4. The van der Waals surface area contributed by atoms with Crippen molar-refractivity contribution in [2.45, 2.75) is 98.6 Å². The van der Waals surface area contributed by atoms with E-state index in [4.69, 9.17) is 24.7 Å². The molecule has 0 heterocycles. The van der Waals surface area contributed by atoms with Gasteiger partial charge >= 0.3 is 23.9 Å². The Morgan fingerprint density at radius 3 is 2.00 bits per heavy atom. The van der Waals surface area contributed by atoms with Gasteiger partial charge in [-0.15, -0.1) is 0 Å². The molecular weight excluding hydrogens is 478 g/mol. The molecule has 9 nitrogen and oxygen atoms in total. The molecule has 0 fully saturated rings. The lowest BCUT2D eigenvalue weighted by Gasteiger charge is -2.17. The van der Waals surface area contributed by atoms with Crippen LogP contribution in [0.3, 0.4) is 0 Å². The number of ether oxygens (including phenoxy) is 4. The molecule has 1 rings (SSSR count). The van der Waals surface area contributed by atoms with Gasteiger partial charge in [-0.3, -0.25) is 19.2 Å². The highest BCUT2D eigenvalue weighted by atomic mass is 16.6. The van der Waals surface area contributed by atoms with Gasteiger partial charge in [0.05, 0.1) is 0 Å². The molecule has 0 aliphatic heterocycles. The molecule has 0 aliphatic carbocycles. The fourth-order valence-corrected chi connectivity index (χ4v) is 3.32. The quantitative estimate of drug-likeness (QED) is 0.189. The third-order valence-corrected chi connectivity index (χ3v) is 5.14. The average molecular weight is 522 g/mol. The van der Waals surface area contributed by atoms with Gasteiger partial charge in [0, 0.05) is 19.3 Å². The maximum Gasteiger partial charge on any atom is 0.323 e. The highest BCUT2D eigenvalue weighted by Gasteiger charge is 2.21. The van der Waals surface area contributed by atoms with Gasteiger partial charge in [0.1, 0.15) is 18.8 Å². The van der Waals surface area contributed by atoms with Gasteiger partial charge in [-0.25, -0.2) is 0 Å². The SMILES string of the molecule is CCCCCC(=O)O[C@@H](C)COC(=O)[C@@H](N)Cc1ccc(OC(=O)CC(C)C)c(OC(=O)CC(C)C)c1. The Balaban J connectivity index is 2.79. The number of esters is 4. The van der Waals surface area contributed by atoms with Crippen LogP contribution in [0.5, 0.6) is 11.5 Å². The smallest absolute Gasteiger partial charge is 0.323 e. The van der Waals surface area contributed by atoms with Crippen LogP contribution in [0.4, 0.5) is 0 Å². The van der Waals surface area contributed by atoms with Crippen molar-refractivity contribution in [3.05, 3.63) is 23.8 Å². The maximum absolute atomic E-state index is 12.4. The minimum atomic E-state index is -0.999. The number of hydrogen-bond acceptors (Lipinski definition) is 9. The number of nitrogens with two attached hydrogens (primary N) is 1. The Hall–Kier alpha value is -2.94. The lowest BCUT2D eigenvalue weighted by Crippen LogP contribution is -2.36. The van der Waals surface area contributed by atoms with Crippen LogP contribution in [0.2, 0.25) is 0 Å². The monoisotopic (exact) mass is 521 g/mol. The molecule has 0 amide bonds. The van der Waals surface area contributed by atoms with Crippen molar-refractivity contribution in [2.75, 3.05) is 6.61 Å². The molecule has 2 atom stereocenters. The zero-order valence-electron chi connectivity index (χ0n) is 23.0. The van der Waals surface area contributed by atoms with Crippen LogP contribution >= 0.6 is 0 Å². The zero-order chi connectivity index (χ0) is 28.0. The van der Waals surface area contributed by atoms with Crippen molar-refractivity contribution >= 4 is 23.9 Å². The fraction of sp³-hybridized carbons (Fsp3) is 0.643. The van der Waals surface area contributed by atoms with Gasteiger partial charge in [0.2, 0.25) is 0 Å². The van der Waals surface area contributed by atoms with Crippen molar-refractivity contribution in [1.29, 1.82) is 0 Å². The van der Waals surface area contributed by atoms with Gasteiger partial charge in [-0.05, 0) is 49.3 Å². The van der Waals surface area contributed by atoms with E-state index in [-0.39, 0.29) is 55.2 Å². The predicted octanol–water partition coefficient (Wildman–Crippen LogP) is 4.51. The summed E-state index contributed by atoms with van der Waals surface area (Å²) in [6, 6.07) is 3.69. The predicted molar refractivity (Wildman–Crippen MR) is 139 cm³/mol. The molecule has 0 aromatic heterocycles. The normalized spacial score (nSPS) is 12.7. The molecule has 0 bridgehead atoms. The largest absolute Gasteiger partial charge is 0.461 e. The van der Waals surface area contributed by atoms with Gasteiger partial charge in [-0.2, -0.15) is 0 Å². The number of carbonyl (C=O) groups excluding carboxylic acids is 4. The standard InChI is InChI=1S/C28H43NO8/c1-7-8-9-10-25(30)35-20(6)17-34-28(33)22(29)15-21-11-12-23(36-26(31)13-18(2)3)24(16-21)37-27(32)14-19(4)5/h11-12,16,18-20,22H,7-10,13-15,17,29H2,1-6H3/t20-,22-/m0/s1. The fourth-order valence-electron chi connectivity index (χ4n) is 3.32. The Bertz CT molecular complexity index is 896. The van der Waals surface area contributed by atoms with Gasteiger partial charge < -0.3 is 24.7 Å². The molecular formula is C28H43NO8. The van der Waals surface area contributed by atoms with E-state index in [0.717, 1.165) is 19.3 Å². The molecule has 37 heavy (non-hydrogen) atoms. The van der Waals surface area contributed by atoms with Crippen LogP contribution in [0.25, 0.3) is 0 Å².